The fraction of sp³-hybridized carbons (Fsp3) is 0.431. The Bertz CT molecular complexity index is 4480. The van der Waals surface area contributed by atoms with Gasteiger partial charge in [0.25, 0.3) is 10.1 Å². The van der Waals surface area contributed by atoms with Gasteiger partial charge in [-0.15, -0.1) is 0 Å². The van der Waals surface area contributed by atoms with Crippen molar-refractivity contribution in [3.8, 4) is 63.2 Å². The number of rotatable bonds is 16. The van der Waals surface area contributed by atoms with Crippen molar-refractivity contribution in [2.75, 3.05) is 96.2 Å². The van der Waals surface area contributed by atoms with Gasteiger partial charge in [-0.3, -0.25) is 18.2 Å². The maximum atomic E-state index is 14.7. The quantitative estimate of drug-likeness (QED) is 0.0443. The summed E-state index contributed by atoms with van der Waals surface area (Å²) in [5.41, 5.74) is 12.5. The summed E-state index contributed by atoms with van der Waals surface area (Å²) < 4.78 is 78.5. The molecule has 103 heavy (non-hydrogen) atoms. The average Bonchev–Trinajstić information content (AvgIpc) is 1.43. The number of nitrogens with one attached hydrogen (secondary N) is 2. The number of benzene rings is 3. The number of phenolic OH excluding ortho intramolecular Hbond substituents is 2. The maximum Gasteiger partial charge on any atom is 0.264 e. The number of aryl methyl sites for hydroxylation is 3. The molecule has 12 rings (SSSR count). The average molecular weight is 1460 g/mol. The Labute approximate surface area is 605 Å². The van der Waals surface area contributed by atoms with Gasteiger partial charge in [0, 0.05) is 53.9 Å². The molecular weight excluding hydrogens is 1370 g/mol. The van der Waals surface area contributed by atoms with Crippen LogP contribution in [0.5, 0.6) is 17.2 Å². The second kappa shape index (κ2) is 36.4. The predicted octanol–water partition coefficient (Wildman–Crippen LogP) is 13.1. The van der Waals surface area contributed by atoms with Gasteiger partial charge in [-0.25, -0.2) is 43.1 Å². The third-order valence-corrected chi connectivity index (χ3v) is 17.6. The standard InChI is InChI=1S/C25H30FN7O.C20H23FN6O.C11H8ClFN2O.C9H16N4.C6H11NO3S.CH4/c1-17-12-28-24(30-19-13-29-33(14-19)20-7-9-32(4)10-8-20)31-23(17)18-5-6-22(21(26)11-18)34-16-25(2,3)15-27;1-13-10-22-20(25-19(13)14-3-4-18(28)17(21)9-14)24-15-11-23-27(12-15)16-5-7-26(2)8-6-16;1-6-5-14-11(12)15-10(6)7-2-3-9(16)8(13)4-7;1-12-4-2-9(3-5-12)13-7-8(10)6-11-13;1-6(2,4-7)5-10-11(3,8)9;/h5-6,11-14,20H,7-10,16H2,1-4H3,(H,28,30,31);3-4,9-12,16,28H,5-8H2,1-2H3,(H,22,24,25);2-5,16H,1H3;6-7,9H,2-5,10H2,1H3;5H2,1-3H3;1H4. The minimum absolute atomic E-state index is 0. The number of halogens is 4. The topological polar surface area (TPSA) is 331 Å². The van der Waals surface area contributed by atoms with Gasteiger partial charge in [0.05, 0.1) is 107 Å². The van der Waals surface area contributed by atoms with E-state index in [4.69, 9.17) is 37.7 Å². The van der Waals surface area contributed by atoms with Crippen molar-refractivity contribution in [2.24, 2.45) is 10.8 Å². The van der Waals surface area contributed by atoms with Crippen LogP contribution in [-0.4, -0.2) is 172 Å². The zero-order valence-corrected chi connectivity index (χ0v) is 60.7. The normalized spacial score (nSPS) is 14.8. The van der Waals surface area contributed by atoms with Crippen molar-refractivity contribution >= 4 is 50.7 Å². The Kier molecular flexibility index (Phi) is 28.4. The highest BCUT2D eigenvalue weighted by Crippen LogP contribution is 2.33. The van der Waals surface area contributed by atoms with Gasteiger partial charge in [-0.05, 0) is 230 Å². The van der Waals surface area contributed by atoms with E-state index >= 15 is 0 Å². The lowest BCUT2D eigenvalue weighted by Gasteiger charge is -2.28. The second-order valence-electron chi connectivity index (χ2n) is 26.9. The monoisotopic (exact) mass is 1460 g/mol. The van der Waals surface area contributed by atoms with Crippen LogP contribution in [0.2, 0.25) is 5.28 Å². The molecule has 3 fully saturated rings. The van der Waals surface area contributed by atoms with Crippen LogP contribution >= 0.6 is 11.6 Å². The lowest BCUT2D eigenvalue weighted by atomic mass is 9.98. The number of piperidine rings is 3. The molecule has 3 saturated heterocycles. The summed E-state index contributed by atoms with van der Waals surface area (Å²) in [4.78, 5) is 32.7. The van der Waals surface area contributed by atoms with Gasteiger partial charge in [0.1, 0.15) is 6.61 Å². The molecule has 9 heterocycles. The Morgan fingerprint density at radius 2 is 0.942 bits per heavy atom. The Morgan fingerprint density at radius 3 is 1.32 bits per heavy atom. The van der Waals surface area contributed by atoms with Gasteiger partial charge < -0.3 is 46.0 Å². The number of hydrogen-bond acceptors (Lipinski definition) is 23. The zero-order valence-electron chi connectivity index (χ0n) is 59.2. The molecular formula is C72H92ClF3N20O6S. The van der Waals surface area contributed by atoms with E-state index in [1.807, 2.05) is 52.6 Å². The number of anilines is 5. The number of aromatic nitrogens is 12. The number of aromatic hydroxyl groups is 2. The molecule has 0 saturated carbocycles. The van der Waals surface area contributed by atoms with Crippen LogP contribution < -0.4 is 21.1 Å². The molecule has 0 spiro atoms. The molecule has 0 unspecified atom stereocenters. The molecule has 3 aliphatic heterocycles. The third-order valence-electron chi connectivity index (χ3n) is 16.9. The Hall–Kier alpha value is -9.82. The maximum absolute atomic E-state index is 14.7. The summed E-state index contributed by atoms with van der Waals surface area (Å²) >= 11 is 5.67. The van der Waals surface area contributed by atoms with Gasteiger partial charge in [0.2, 0.25) is 17.2 Å². The summed E-state index contributed by atoms with van der Waals surface area (Å²) in [6, 6.07) is 18.4. The summed E-state index contributed by atoms with van der Waals surface area (Å²) in [7, 11) is 3.02. The van der Waals surface area contributed by atoms with Crippen molar-refractivity contribution in [2.45, 2.75) is 113 Å². The highest BCUT2D eigenvalue weighted by Gasteiger charge is 2.25. The van der Waals surface area contributed by atoms with Gasteiger partial charge >= 0.3 is 0 Å². The van der Waals surface area contributed by atoms with E-state index in [9.17, 15) is 26.7 Å². The van der Waals surface area contributed by atoms with Crippen molar-refractivity contribution in [3.05, 3.63) is 150 Å². The number of likely N-dealkylation sites (tertiary alicyclic amines) is 3. The molecule has 0 radical (unpaired) electrons. The number of ether oxygens (including phenoxy) is 1. The summed E-state index contributed by atoms with van der Waals surface area (Å²) in [5.74, 6) is -1.69. The smallest absolute Gasteiger partial charge is 0.264 e. The minimum Gasteiger partial charge on any atom is -0.505 e. The summed E-state index contributed by atoms with van der Waals surface area (Å²) in [6.45, 7) is 18.8. The van der Waals surface area contributed by atoms with Gasteiger partial charge in [-0.1, -0.05) is 7.43 Å². The molecule has 0 amide bonds. The van der Waals surface area contributed by atoms with Gasteiger partial charge in [0.15, 0.2) is 34.7 Å². The highest BCUT2D eigenvalue weighted by atomic mass is 35.5. The molecule has 6 aromatic heterocycles. The van der Waals surface area contributed by atoms with E-state index in [1.54, 1.807) is 96.1 Å². The molecule has 0 aliphatic carbocycles. The van der Waals surface area contributed by atoms with Crippen LogP contribution in [0.25, 0.3) is 33.8 Å². The Balaban J connectivity index is 0.000000192. The first-order chi connectivity index (χ1) is 48.3. The molecule has 3 aliphatic rings. The van der Waals surface area contributed by atoms with Crippen LogP contribution in [0.15, 0.2) is 110 Å². The molecule has 9 aromatic rings. The number of phenols is 2. The van der Waals surface area contributed by atoms with Crippen molar-refractivity contribution in [3.63, 3.8) is 0 Å². The molecule has 0 bridgehead atoms. The lowest BCUT2D eigenvalue weighted by molar-refractivity contribution is 0.212. The second-order valence-corrected chi connectivity index (χ2v) is 28.9. The number of hydrogen-bond donors (Lipinski definition) is 5. The largest absolute Gasteiger partial charge is 0.505 e. The Morgan fingerprint density at radius 1 is 0.573 bits per heavy atom. The van der Waals surface area contributed by atoms with Crippen LogP contribution in [0.1, 0.15) is 108 Å². The molecule has 26 nitrogen and oxygen atoms in total. The molecule has 3 aromatic carbocycles. The highest BCUT2D eigenvalue weighted by molar-refractivity contribution is 7.86. The lowest BCUT2D eigenvalue weighted by Crippen LogP contribution is -2.31. The summed E-state index contributed by atoms with van der Waals surface area (Å²) in [5, 5.41) is 55.8. The van der Waals surface area contributed by atoms with Crippen LogP contribution in [0.4, 0.5) is 42.1 Å². The van der Waals surface area contributed by atoms with Crippen molar-refractivity contribution < 1.29 is 40.7 Å². The number of nitrogens with zero attached hydrogens (tertiary/aromatic N) is 17. The van der Waals surface area contributed by atoms with Crippen LogP contribution in [0, 0.1) is 71.7 Å². The number of nitriles is 2. The van der Waals surface area contributed by atoms with E-state index in [2.05, 4.69) is 102 Å². The van der Waals surface area contributed by atoms with Gasteiger partial charge in [-0.2, -0.15) is 34.2 Å². The third kappa shape index (κ3) is 24.2. The molecule has 550 valence electrons. The first-order valence-corrected chi connectivity index (χ1v) is 35.2. The predicted molar refractivity (Wildman–Crippen MR) is 392 cm³/mol. The van der Waals surface area contributed by atoms with E-state index in [0.717, 1.165) is 105 Å². The van der Waals surface area contributed by atoms with Crippen molar-refractivity contribution in [1.29, 1.82) is 10.5 Å². The van der Waals surface area contributed by atoms with E-state index < -0.39 is 38.4 Å². The molecule has 31 heteroatoms. The van der Waals surface area contributed by atoms with E-state index in [1.165, 1.54) is 43.2 Å². The fourth-order valence-electron chi connectivity index (χ4n) is 10.7. The number of nitrogens with two attached hydrogens (primary N) is 1. The molecule has 0 atom stereocenters. The van der Waals surface area contributed by atoms with E-state index in [0.29, 0.717) is 63.8 Å². The van der Waals surface area contributed by atoms with Crippen molar-refractivity contribution in [1.82, 2.24) is 73.9 Å². The van der Waals surface area contributed by atoms with E-state index in [-0.39, 0.29) is 43.2 Å². The van der Waals surface area contributed by atoms with Crippen LogP contribution in [-0.2, 0) is 14.3 Å². The van der Waals surface area contributed by atoms with Crippen LogP contribution in [0.3, 0.4) is 0 Å². The summed E-state index contributed by atoms with van der Waals surface area (Å²) in [6.07, 6.45) is 23.7. The SMILES string of the molecule is C.CC(C)(C#N)COS(C)(=O)=O.CN1CCC(n2cc(N)cn2)CC1.Cc1cnc(Cl)nc1-c1ccc(O)c(F)c1.Cc1cnc(Nc2cnn(C3CCN(C)CC3)c2)nc1-c1ccc(O)c(F)c1.Cc1cnc(Nc2cnn(C3CCN(C)CC3)c2)nc1-c1ccc(OCC(C)(C)C#N)c(F)c1. The molecule has 6 N–H and O–H groups in total. The zero-order chi connectivity index (χ0) is 74.1. The first kappa shape index (κ1) is 80.5. The minimum atomic E-state index is -3.42. The number of nitrogen functional groups attached to an aromatic ring is 1. The first-order valence-electron chi connectivity index (χ1n) is 33.0. The fourth-order valence-corrected chi connectivity index (χ4v) is 11.4.